The highest BCUT2D eigenvalue weighted by Gasteiger charge is 2.41. The molecule has 1 heterocycles. The van der Waals surface area contributed by atoms with Gasteiger partial charge in [0.05, 0.1) is 23.6 Å². The number of alkyl halides is 3. The van der Waals surface area contributed by atoms with Crippen LogP contribution < -0.4 is 9.62 Å². The Morgan fingerprint density at radius 1 is 1.28 bits per heavy atom. The predicted octanol–water partition coefficient (Wildman–Crippen LogP) is 4.78. The maximum atomic E-state index is 13.2. The molecule has 0 fully saturated rings. The van der Waals surface area contributed by atoms with Crippen LogP contribution in [0.1, 0.15) is 35.6 Å². The van der Waals surface area contributed by atoms with E-state index in [0.717, 1.165) is 17.5 Å². The largest absolute Gasteiger partial charge is 0.416 e. The maximum absolute atomic E-state index is 13.2. The molecule has 2 aromatic carbocycles. The minimum absolute atomic E-state index is 0.280. The Morgan fingerprint density at radius 2 is 2.00 bits per heavy atom. The van der Waals surface area contributed by atoms with E-state index < -0.39 is 33.7 Å². The highest BCUT2D eigenvalue weighted by molar-refractivity contribution is 7.95. The SMILES string of the molecule is C=CS(=O)(=O)Nc1cccc(C2C(C#N)c3ccc(C(F)(F)F)cc3N2CC)c1. The summed E-state index contributed by atoms with van der Waals surface area (Å²) in [6.45, 7) is 5.41. The van der Waals surface area contributed by atoms with Gasteiger partial charge >= 0.3 is 6.18 Å². The van der Waals surface area contributed by atoms with E-state index in [2.05, 4.69) is 17.4 Å². The molecule has 2 aromatic rings. The van der Waals surface area contributed by atoms with Gasteiger partial charge in [-0.2, -0.15) is 18.4 Å². The molecule has 5 nitrogen and oxygen atoms in total. The summed E-state index contributed by atoms with van der Waals surface area (Å²) in [6, 6.07) is 11.5. The molecule has 2 unspecified atom stereocenters. The standard InChI is InChI=1S/C20H18F3N3O2S/c1-3-26-18-11-14(20(21,22)23)8-9-16(18)17(12-24)19(26)13-6-5-7-15(10-13)25-29(27,28)4-2/h4-11,17,19,25H,2-3H2,1H3. The first-order valence-corrected chi connectivity index (χ1v) is 10.3. The smallest absolute Gasteiger partial charge is 0.363 e. The molecule has 3 rings (SSSR count). The highest BCUT2D eigenvalue weighted by atomic mass is 32.2. The average molecular weight is 421 g/mol. The van der Waals surface area contributed by atoms with E-state index in [1.165, 1.54) is 6.07 Å². The van der Waals surface area contributed by atoms with Gasteiger partial charge in [0, 0.05) is 23.3 Å². The number of fused-ring (bicyclic) bond motifs is 1. The van der Waals surface area contributed by atoms with Crippen LogP contribution >= 0.6 is 0 Å². The molecule has 0 aromatic heterocycles. The van der Waals surface area contributed by atoms with Crippen LogP contribution in [0.3, 0.4) is 0 Å². The summed E-state index contributed by atoms with van der Waals surface area (Å²) in [5.41, 5.74) is 0.995. The summed E-state index contributed by atoms with van der Waals surface area (Å²) in [6.07, 6.45) is -4.49. The van der Waals surface area contributed by atoms with Gasteiger partial charge in [-0.05, 0) is 42.3 Å². The van der Waals surface area contributed by atoms with Crippen molar-refractivity contribution in [2.24, 2.45) is 0 Å². The second-order valence-corrected chi connectivity index (χ2v) is 8.18. The van der Waals surface area contributed by atoms with Crippen molar-refractivity contribution in [3.05, 3.63) is 71.1 Å². The zero-order valence-electron chi connectivity index (χ0n) is 15.4. The van der Waals surface area contributed by atoms with Crippen LogP contribution in [0, 0.1) is 11.3 Å². The first-order valence-electron chi connectivity index (χ1n) is 8.74. The fourth-order valence-corrected chi connectivity index (χ4v) is 4.14. The van der Waals surface area contributed by atoms with Crippen LogP contribution in [0.5, 0.6) is 0 Å². The predicted molar refractivity (Wildman–Crippen MR) is 105 cm³/mol. The molecular weight excluding hydrogens is 403 g/mol. The molecule has 0 saturated heterocycles. The maximum Gasteiger partial charge on any atom is 0.416 e. The van der Waals surface area contributed by atoms with E-state index in [4.69, 9.17) is 0 Å². The van der Waals surface area contributed by atoms with Crippen LogP contribution in [0.4, 0.5) is 24.5 Å². The summed E-state index contributed by atoms with van der Waals surface area (Å²) in [5, 5.41) is 10.5. The molecule has 29 heavy (non-hydrogen) atoms. The highest BCUT2D eigenvalue weighted by Crippen LogP contribution is 2.50. The molecule has 1 N–H and O–H groups in total. The van der Waals surface area contributed by atoms with Gasteiger partial charge in [0.1, 0.15) is 0 Å². The number of hydrogen-bond acceptors (Lipinski definition) is 4. The Kier molecular flexibility index (Phi) is 5.32. The quantitative estimate of drug-likeness (QED) is 0.754. The number of benzene rings is 2. The molecule has 2 atom stereocenters. The lowest BCUT2D eigenvalue weighted by Crippen LogP contribution is -2.26. The number of nitrogens with one attached hydrogen (secondary N) is 1. The molecule has 9 heteroatoms. The number of sulfonamides is 1. The molecule has 0 radical (unpaired) electrons. The van der Waals surface area contributed by atoms with Crippen molar-refractivity contribution in [2.75, 3.05) is 16.2 Å². The number of rotatable bonds is 5. The number of likely N-dealkylation sites (N-methyl/N-ethyl adjacent to an activating group) is 1. The van der Waals surface area contributed by atoms with E-state index in [9.17, 15) is 26.9 Å². The Labute approximate surface area is 167 Å². The lowest BCUT2D eigenvalue weighted by molar-refractivity contribution is -0.137. The van der Waals surface area contributed by atoms with Crippen LogP contribution in [-0.2, 0) is 16.2 Å². The molecular formula is C20H18F3N3O2S. The van der Waals surface area contributed by atoms with Crippen molar-refractivity contribution in [2.45, 2.75) is 25.1 Å². The lowest BCUT2D eigenvalue weighted by Gasteiger charge is -2.28. The molecule has 0 amide bonds. The third-order valence-corrected chi connectivity index (χ3v) is 5.80. The third-order valence-electron chi connectivity index (χ3n) is 4.84. The Hall–Kier alpha value is -2.99. The average Bonchev–Trinajstić information content (AvgIpc) is 3.00. The summed E-state index contributed by atoms with van der Waals surface area (Å²) in [4.78, 5) is 1.74. The fourth-order valence-electron chi connectivity index (χ4n) is 3.60. The van der Waals surface area contributed by atoms with Crippen LogP contribution in [-0.4, -0.2) is 15.0 Å². The number of nitrogens with zero attached hydrogens (tertiary/aromatic N) is 2. The zero-order valence-corrected chi connectivity index (χ0v) is 16.3. The van der Waals surface area contributed by atoms with Gasteiger partial charge in [0.2, 0.25) is 0 Å². The summed E-state index contributed by atoms with van der Waals surface area (Å²) in [5.74, 6) is -0.696. The van der Waals surface area contributed by atoms with Gasteiger partial charge in [0.15, 0.2) is 0 Å². The molecule has 0 saturated carbocycles. The van der Waals surface area contributed by atoms with Crippen LogP contribution in [0.15, 0.2) is 54.5 Å². The molecule has 0 spiro atoms. The number of nitriles is 1. The van der Waals surface area contributed by atoms with Gasteiger partial charge in [-0.25, -0.2) is 8.42 Å². The summed E-state index contributed by atoms with van der Waals surface area (Å²) < 4.78 is 65.4. The number of anilines is 2. The lowest BCUT2D eigenvalue weighted by atomic mass is 9.91. The van der Waals surface area contributed by atoms with Crippen LogP contribution in [0.25, 0.3) is 0 Å². The zero-order chi connectivity index (χ0) is 21.4. The van der Waals surface area contributed by atoms with E-state index in [1.807, 2.05) is 0 Å². The van der Waals surface area contributed by atoms with E-state index in [1.54, 1.807) is 36.1 Å². The molecule has 152 valence electrons. The summed E-state index contributed by atoms with van der Waals surface area (Å²) >= 11 is 0. The first kappa shape index (κ1) is 20.7. The van der Waals surface area contributed by atoms with Crippen molar-refractivity contribution in [3.8, 4) is 6.07 Å². The fraction of sp³-hybridized carbons (Fsp3) is 0.250. The van der Waals surface area contributed by atoms with Crippen LogP contribution in [0.2, 0.25) is 0 Å². The molecule has 1 aliphatic rings. The van der Waals surface area contributed by atoms with Gasteiger partial charge in [-0.1, -0.05) is 24.8 Å². The monoisotopic (exact) mass is 421 g/mol. The van der Waals surface area contributed by atoms with E-state index >= 15 is 0 Å². The van der Waals surface area contributed by atoms with Gasteiger partial charge < -0.3 is 4.90 Å². The first-order chi connectivity index (χ1) is 13.6. The minimum Gasteiger partial charge on any atom is -0.363 e. The van der Waals surface area contributed by atoms with Crippen molar-refractivity contribution in [3.63, 3.8) is 0 Å². The van der Waals surface area contributed by atoms with E-state index in [0.29, 0.717) is 23.4 Å². The number of hydrogen-bond donors (Lipinski definition) is 1. The molecule has 0 bridgehead atoms. The second kappa shape index (κ2) is 7.44. The van der Waals surface area contributed by atoms with Gasteiger partial charge in [-0.3, -0.25) is 4.72 Å². The second-order valence-electron chi connectivity index (χ2n) is 6.55. The topological polar surface area (TPSA) is 73.2 Å². The normalized spacial score (nSPS) is 18.8. The minimum atomic E-state index is -4.49. The third kappa shape index (κ3) is 3.93. The molecule has 0 aliphatic carbocycles. The Balaban J connectivity index is 2.08. The van der Waals surface area contributed by atoms with Crippen molar-refractivity contribution in [1.82, 2.24) is 0 Å². The van der Waals surface area contributed by atoms with Gasteiger partial charge in [0.25, 0.3) is 10.0 Å². The van der Waals surface area contributed by atoms with Gasteiger partial charge in [-0.15, -0.1) is 0 Å². The van der Waals surface area contributed by atoms with E-state index in [-0.39, 0.29) is 5.69 Å². The summed E-state index contributed by atoms with van der Waals surface area (Å²) in [7, 11) is -3.72. The van der Waals surface area contributed by atoms with Crippen molar-refractivity contribution < 1.29 is 21.6 Å². The Morgan fingerprint density at radius 3 is 2.59 bits per heavy atom. The van der Waals surface area contributed by atoms with Crippen molar-refractivity contribution >= 4 is 21.4 Å². The number of halogens is 3. The molecule has 1 aliphatic heterocycles. The Bertz CT molecular complexity index is 1090. The van der Waals surface area contributed by atoms with Crippen molar-refractivity contribution in [1.29, 1.82) is 5.26 Å².